The monoisotopic (exact) mass is 1090 g/mol. The van der Waals surface area contributed by atoms with E-state index in [9.17, 15) is 10.1 Å². The third-order valence-corrected chi connectivity index (χ3v) is 18.2. The van der Waals surface area contributed by atoms with Crippen LogP contribution in [0.4, 0.5) is 17.6 Å². The SMILES string of the molecule is Cn1cnc(Nc2ncc(Cl)c(NC3CCCCCCCCCCCCCCCCCCCCCCCCCCCCCCCCCCCCCCCCCCCCCCCCC4(CC3)CCN(C(=O)CC#N)CC4)n2)c1. The molecule has 0 radical (unpaired) electrons. The maximum absolute atomic E-state index is 12.8. The van der Waals surface area contributed by atoms with Gasteiger partial charge in [-0.25, -0.2) is 9.97 Å². The molecule has 10 heteroatoms. The fourth-order valence-corrected chi connectivity index (χ4v) is 12.9. The summed E-state index contributed by atoms with van der Waals surface area (Å²) >= 11 is 6.83. The Bertz CT molecular complexity index is 1740. The lowest BCUT2D eigenvalue weighted by Gasteiger charge is -2.43. The van der Waals surface area contributed by atoms with Gasteiger partial charge in [0.25, 0.3) is 0 Å². The number of piperidine rings is 1. The van der Waals surface area contributed by atoms with Crippen molar-refractivity contribution in [3.05, 3.63) is 23.7 Å². The van der Waals surface area contributed by atoms with Crippen LogP contribution >= 0.6 is 11.6 Å². The summed E-state index contributed by atoms with van der Waals surface area (Å²) in [6.07, 6.45) is 77.0. The maximum Gasteiger partial charge on any atom is 0.236 e. The number of rotatable bonds is 5. The zero-order valence-corrected chi connectivity index (χ0v) is 50.9. The fraction of sp³-hybridized carbons (Fsp3) is 0.866. The molecule has 2 fully saturated rings. The van der Waals surface area contributed by atoms with Gasteiger partial charge in [0.2, 0.25) is 11.9 Å². The summed E-state index contributed by atoms with van der Waals surface area (Å²) in [6, 6.07) is 2.33. The highest BCUT2D eigenvalue weighted by molar-refractivity contribution is 6.32. The molecular weight excluding hydrogens is 968 g/mol. The average Bonchev–Trinajstić information content (AvgIpc) is 3.86. The lowest BCUT2D eigenvalue weighted by molar-refractivity contribution is -0.132. The third kappa shape index (κ3) is 34.1. The molecule has 4 rings (SSSR count). The molecule has 2 aromatic rings. The van der Waals surface area contributed by atoms with Gasteiger partial charge in [-0.2, -0.15) is 10.2 Å². The largest absolute Gasteiger partial charge is 0.366 e. The number of anilines is 3. The first-order chi connectivity index (χ1) is 38.0. The van der Waals surface area contributed by atoms with Gasteiger partial charge in [-0.05, 0) is 43.9 Å². The lowest BCUT2D eigenvalue weighted by Crippen LogP contribution is -2.43. The number of carbonyl (C=O) groups excluding carboxylic acids is 1. The highest BCUT2D eigenvalue weighted by Gasteiger charge is 2.36. The Morgan fingerprint density at radius 3 is 1.25 bits per heavy atom. The Morgan fingerprint density at radius 2 is 0.896 bits per heavy atom. The number of nitriles is 1. The number of aryl methyl sites for hydroxylation is 1. The summed E-state index contributed by atoms with van der Waals surface area (Å²) in [7, 11) is 1.95. The number of amides is 1. The summed E-state index contributed by atoms with van der Waals surface area (Å²) < 4.78 is 1.90. The number of halogens is 1. The molecule has 1 aliphatic carbocycles. The molecule has 3 heterocycles. The zero-order chi connectivity index (χ0) is 54.4. The van der Waals surface area contributed by atoms with Crippen molar-refractivity contribution in [3.63, 3.8) is 0 Å². The van der Waals surface area contributed by atoms with Crippen molar-refractivity contribution < 1.29 is 4.79 Å². The van der Waals surface area contributed by atoms with Gasteiger partial charge in [-0.15, -0.1) is 0 Å². The molecule has 1 amide bonds. The number of hydrogen-bond donors (Lipinski definition) is 2. The lowest BCUT2D eigenvalue weighted by atomic mass is 9.70. The molecule has 77 heavy (non-hydrogen) atoms. The van der Waals surface area contributed by atoms with Crippen LogP contribution in [0.1, 0.15) is 340 Å². The van der Waals surface area contributed by atoms with Crippen LogP contribution < -0.4 is 10.6 Å². The van der Waals surface area contributed by atoms with Gasteiger partial charge in [0.15, 0.2) is 11.6 Å². The highest BCUT2D eigenvalue weighted by Crippen LogP contribution is 2.42. The Kier molecular flexibility index (Phi) is 39.7. The second-order valence-electron chi connectivity index (χ2n) is 24.8. The van der Waals surface area contributed by atoms with Gasteiger partial charge >= 0.3 is 0 Å². The van der Waals surface area contributed by atoms with Crippen LogP contribution in [0.25, 0.3) is 0 Å². The van der Waals surface area contributed by atoms with Crippen LogP contribution in [-0.2, 0) is 11.8 Å². The van der Waals surface area contributed by atoms with Crippen molar-refractivity contribution in [1.82, 2.24) is 24.4 Å². The first-order valence-electron chi connectivity index (χ1n) is 33.7. The second-order valence-corrected chi connectivity index (χ2v) is 25.2. The molecule has 1 atom stereocenters. The molecule has 440 valence electrons. The standard InChI is InChI=1S/C67H119ClN8O/c1-75-59-63(71-60-75)73-66-70-58-62(68)65(74-66)72-61-48-46-44-42-40-38-36-34-32-30-28-26-24-22-20-18-16-14-12-10-8-6-4-2-3-5-7-9-11-13-15-17-19-21-23-25-27-29-31-33-35-37-39-41-43-45-47-51-67(52-49-61)53-56-76(57-54-67)64(77)50-55-69/h58-61H,2-54,56-57H2,1H3,(H2,70,72,73,74). The van der Waals surface area contributed by atoms with E-state index in [0.29, 0.717) is 22.6 Å². The first kappa shape index (κ1) is 66.7. The van der Waals surface area contributed by atoms with E-state index in [1.54, 1.807) is 12.5 Å². The number of carbonyl (C=O) groups is 1. The minimum Gasteiger partial charge on any atom is -0.366 e. The quantitative estimate of drug-likeness (QED) is 0.307. The van der Waals surface area contributed by atoms with Crippen LogP contribution in [0.2, 0.25) is 5.02 Å². The number of hydrogen-bond acceptors (Lipinski definition) is 7. The number of imidazole rings is 1. The molecule has 1 saturated heterocycles. The van der Waals surface area contributed by atoms with Gasteiger partial charge in [-0.1, -0.05) is 307 Å². The summed E-state index contributed by atoms with van der Waals surface area (Å²) in [4.78, 5) is 28.6. The van der Waals surface area contributed by atoms with Crippen molar-refractivity contribution in [2.45, 2.75) is 346 Å². The first-order valence-corrected chi connectivity index (χ1v) is 34.0. The third-order valence-electron chi connectivity index (χ3n) is 18.0. The Balaban J connectivity index is 1.22. The summed E-state index contributed by atoms with van der Waals surface area (Å²) in [6.45, 7) is 1.53. The minimum atomic E-state index is -0.0180. The van der Waals surface area contributed by atoms with Gasteiger partial charge in [0, 0.05) is 32.4 Å². The van der Waals surface area contributed by atoms with Crippen LogP contribution in [0.5, 0.6) is 0 Å². The molecule has 1 unspecified atom stereocenters. The molecule has 1 saturated carbocycles. The van der Waals surface area contributed by atoms with E-state index < -0.39 is 0 Å². The van der Waals surface area contributed by atoms with Gasteiger partial charge < -0.3 is 20.1 Å². The summed E-state index contributed by atoms with van der Waals surface area (Å²) in [5.74, 6) is 1.85. The molecule has 2 N–H and O–H groups in total. The predicted octanol–water partition coefficient (Wildman–Crippen LogP) is 21.4. The molecule has 2 aromatic heterocycles. The smallest absolute Gasteiger partial charge is 0.236 e. The molecule has 0 bridgehead atoms. The van der Waals surface area contributed by atoms with Crippen molar-refractivity contribution in [3.8, 4) is 6.07 Å². The van der Waals surface area contributed by atoms with Gasteiger partial charge in [-0.3, -0.25) is 4.79 Å². The fourth-order valence-electron chi connectivity index (χ4n) is 12.8. The van der Waals surface area contributed by atoms with E-state index in [0.717, 1.165) is 45.2 Å². The summed E-state index contributed by atoms with van der Waals surface area (Å²) in [5.41, 5.74) is 0.201. The van der Waals surface area contributed by atoms with E-state index in [1.807, 2.05) is 22.7 Å². The highest BCUT2D eigenvalue weighted by atomic mass is 35.5. The number of aromatic nitrogens is 4. The normalized spacial score (nSPS) is 22.5. The van der Waals surface area contributed by atoms with E-state index in [4.69, 9.17) is 16.6 Å². The van der Waals surface area contributed by atoms with E-state index in [2.05, 4.69) is 26.7 Å². The average molecular weight is 1090 g/mol. The van der Waals surface area contributed by atoms with E-state index in [-0.39, 0.29) is 23.8 Å². The molecule has 1 aliphatic heterocycles. The second kappa shape index (κ2) is 45.8. The molecule has 9 nitrogen and oxygen atoms in total. The van der Waals surface area contributed by atoms with Crippen molar-refractivity contribution in [2.75, 3.05) is 23.7 Å². The molecule has 0 aromatic carbocycles. The van der Waals surface area contributed by atoms with E-state index in [1.165, 1.54) is 302 Å². The van der Waals surface area contributed by atoms with Crippen LogP contribution in [-0.4, -0.2) is 49.5 Å². The Morgan fingerprint density at radius 1 is 0.532 bits per heavy atom. The van der Waals surface area contributed by atoms with Crippen molar-refractivity contribution in [1.29, 1.82) is 5.26 Å². The van der Waals surface area contributed by atoms with E-state index >= 15 is 0 Å². The topological polar surface area (TPSA) is 112 Å². The van der Waals surface area contributed by atoms with Gasteiger partial charge in [0.05, 0.1) is 18.6 Å². The van der Waals surface area contributed by atoms with Crippen LogP contribution in [0.3, 0.4) is 0 Å². The predicted molar refractivity (Wildman–Crippen MR) is 330 cm³/mol. The summed E-state index contributed by atoms with van der Waals surface area (Å²) in [5, 5.41) is 16.9. The number of nitrogens with one attached hydrogen (secondary N) is 2. The number of likely N-dealkylation sites (tertiary alicyclic amines) is 1. The van der Waals surface area contributed by atoms with Gasteiger partial charge in [0.1, 0.15) is 11.4 Å². The van der Waals surface area contributed by atoms with Crippen LogP contribution in [0, 0.1) is 16.7 Å². The Hall–Kier alpha value is -2.86. The minimum absolute atomic E-state index is 0.00951. The molecule has 1 spiro atoms. The maximum atomic E-state index is 12.8. The molecular formula is C67H119ClN8O. The van der Waals surface area contributed by atoms with Crippen molar-refractivity contribution >= 4 is 35.1 Å². The molecule has 2 aliphatic rings. The number of nitrogens with zero attached hydrogens (tertiary/aromatic N) is 6. The Labute approximate surface area is 479 Å². The zero-order valence-electron chi connectivity index (χ0n) is 50.2. The van der Waals surface area contributed by atoms with Crippen LogP contribution in [0.15, 0.2) is 18.7 Å². The van der Waals surface area contributed by atoms with Crippen molar-refractivity contribution in [2.24, 2.45) is 12.5 Å².